The van der Waals surface area contributed by atoms with Gasteiger partial charge >= 0.3 is 0 Å². The van der Waals surface area contributed by atoms with Gasteiger partial charge in [-0.3, -0.25) is 0 Å². The summed E-state index contributed by atoms with van der Waals surface area (Å²) in [5, 5.41) is 0. The summed E-state index contributed by atoms with van der Waals surface area (Å²) < 4.78 is 0. The van der Waals surface area contributed by atoms with E-state index in [1.165, 1.54) is 44.9 Å². The Hall–Kier alpha value is -0.0800. The molecule has 2 aliphatic carbocycles. The molecule has 4 unspecified atom stereocenters. The lowest BCUT2D eigenvalue weighted by molar-refractivity contribution is 0.343. The van der Waals surface area contributed by atoms with Crippen molar-refractivity contribution in [3.8, 4) is 0 Å². The van der Waals surface area contributed by atoms with Gasteiger partial charge in [-0.25, -0.2) is 0 Å². The topological polar surface area (TPSA) is 52.0 Å². The lowest BCUT2D eigenvalue weighted by Crippen LogP contribution is -2.32. The Kier molecular flexibility index (Phi) is 4.48. The fraction of sp³-hybridized carbons (Fsp3) is 1.00. The van der Waals surface area contributed by atoms with E-state index >= 15 is 0 Å². The first-order valence-corrected chi connectivity index (χ1v) is 7.60. The second kappa shape index (κ2) is 5.71. The summed E-state index contributed by atoms with van der Waals surface area (Å²) in [6.07, 6.45) is 9.20. The van der Waals surface area contributed by atoms with Gasteiger partial charge in [0.25, 0.3) is 0 Å². The smallest absolute Gasteiger partial charge is 0.00671 e. The predicted octanol–water partition coefficient (Wildman–Crippen LogP) is 2.90. The molecule has 0 aromatic carbocycles. The quantitative estimate of drug-likeness (QED) is 0.683. The molecule has 100 valence electrons. The van der Waals surface area contributed by atoms with Crippen molar-refractivity contribution in [1.29, 1.82) is 0 Å². The number of hydrogen-bond donors (Lipinski definition) is 2. The first-order valence-electron chi connectivity index (χ1n) is 7.60. The highest BCUT2D eigenvalue weighted by molar-refractivity contribution is 4.87. The molecule has 2 saturated carbocycles. The Morgan fingerprint density at radius 3 is 1.47 bits per heavy atom. The maximum Gasteiger partial charge on any atom is 0.00671 e. The van der Waals surface area contributed by atoms with Crippen LogP contribution in [0.3, 0.4) is 0 Å². The average Bonchev–Trinajstić information content (AvgIpc) is 3.19. The van der Waals surface area contributed by atoms with Crippen LogP contribution in [0.1, 0.15) is 58.8 Å². The van der Waals surface area contributed by atoms with Gasteiger partial charge in [-0.2, -0.15) is 0 Å². The zero-order chi connectivity index (χ0) is 12.4. The lowest BCUT2D eigenvalue weighted by atomic mass is 9.89. The number of hydrogen-bond acceptors (Lipinski definition) is 2. The standard InChI is InChI=1S/C15H30N2/c1-10(12-6-7-12)14(16)4-3-5-15(17)11(2)13-8-9-13/h10-15H,3-9,16-17H2,1-2H3. The molecule has 0 aromatic rings. The minimum atomic E-state index is 0.408. The Morgan fingerprint density at radius 2 is 1.18 bits per heavy atom. The molecule has 2 rings (SSSR count). The molecule has 4 N–H and O–H groups in total. The van der Waals surface area contributed by atoms with Crippen LogP contribution in [-0.4, -0.2) is 12.1 Å². The van der Waals surface area contributed by atoms with E-state index in [-0.39, 0.29) is 0 Å². The second-order valence-electron chi connectivity index (χ2n) is 6.65. The van der Waals surface area contributed by atoms with Crippen molar-refractivity contribution in [1.82, 2.24) is 0 Å². The minimum Gasteiger partial charge on any atom is -0.327 e. The SMILES string of the molecule is CC(C(N)CCCC(N)C(C)C1CC1)C1CC1. The van der Waals surface area contributed by atoms with Crippen molar-refractivity contribution in [3.63, 3.8) is 0 Å². The van der Waals surface area contributed by atoms with Crippen molar-refractivity contribution in [3.05, 3.63) is 0 Å². The Bertz CT molecular complexity index is 209. The van der Waals surface area contributed by atoms with Crippen LogP contribution >= 0.6 is 0 Å². The van der Waals surface area contributed by atoms with Crippen molar-refractivity contribution in [2.75, 3.05) is 0 Å². The van der Waals surface area contributed by atoms with E-state index in [1.54, 1.807) is 0 Å². The van der Waals surface area contributed by atoms with E-state index in [1.807, 2.05) is 0 Å². The Balaban J connectivity index is 1.57. The van der Waals surface area contributed by atoms with Crippen LogP contribution in [0.25, 0.3) is 0 Å². The largest absolute Gasteiger partial charge is 0.327 e. The molecule has 2 aliphatic rings. The van der Waals surface area contributed by atoms with E-state index in [0.29, 0.717) is 12.1 Å². The van der Waals surface area contributed by atoms with Crippen molar-refractivity contribution in [2.45, 2.75) is 70.9 Å². The molecular formula is C15H30N2. The molecule has 4 atom stereocenters. The van der Waals surface area contributed by atoms with Crippen LogP contribution in [0.4, 0.5) is 0 Å². The van der Waals surface area contributed by atoms with Crippen molar-refractivity contribution in [2.24, 2.45) is 35.1 Å². The lowest BCUT2D eigenvalue weighted by Gasteiger charge is -2.22. The van der Waals surface area contributed by atoms with Crippen LogP contribution in [0.15, 0.2) is 0 Å². The summed E-state index contributed by atoms with van der Waals surface area (Å²) >= 11 is 0. The first-order chi connectivity index (χ1) is 8.09. The van der Waals surface area contributed by atoms with Gasteiger partial charge in [0.05, 0.1) is 0 Å². The van der Waals surface area contributed by atoms with Gasteiger partial charge in [0.15, 0.2) is 0 Å². The van der Waals surface area contributed by atoms with Crippen LogP contribution < -0.4 is 11.5 Å². The second-order valence-corrected chi connectivity index (χ2v) is 6.65. The fourth-order valence-corrected chi connectivity index (χ4v) is 3.06. The van der Waals surface area contributed by atoms with Crippen molar-refractivity contribution >= 4 is 0 Å². The average molecular weight is 238 g/mol. The molecule has 2 heteroatoms. The molecule has 0 heterocycles. The summed E-state index contributed by atoms with van der Waals surface area (Å²) in [6, 6.07) is 0.817. The summed E-state index contributed by atoms with van der Waals surface area (Å²) in [6.45, 7) is 4.66. The van der Waals surface area contributed by atoms with Gasteiger partial charge < -0.3 is 11.5 Å². The van der Waals surface area contributed by atoms with E-state index in [9.17, 15) is 0 Å². The van der Waals surface area contributed by atoms with Gasteiger partial charge in [-0.15, -0.1) is 0 Å². The Morgan fingerprint density at radius 1 is 0.824 bits per heavy atom. The van der Waals surface area contributed by atoms with E-state index in [2.05, 4.69) is 13.8 Å². The van der Waals surface area contributed by atoms with Gasteiger partial charge in [-0.1, -0.05) is 20.3 Å². The summed E-state index contributed by atoms with van der Waals surface area (Å²) in [7, 11) is 0. The van der Waals surface area contributed by atoms with E-state index in [4.69, 9.17) is 11.5 Å². The summed E-state index contributed by atoms with van der Waals surface area (Å²) in [5.41, 5.74) is 12.5. The first kappa shape index (κ1) is 13.4. The minimum absolute atomic E-state index is 0.408. The molecule has 0 spiro atoms. The third-order valence-electron chi connectivity index (χ3n) is 5.16. The third kappa shape index (κ3) is 3.96. The number of rotatable bonds is 8. The maximum absolute atomic E-state index is 6.25. The van der Waals surface area contributed by atoms with E-state index in [0.717, 1.165) is 23.7 Å². The predicted molar refractivity (Wildman–Crippen MR) is 73.6 cm³/mol. The molecule has 0 amide bonds. The molecule has 0 aliphatic heterocycles. The fourth-order valence-electron chi connectivity index (χ4n) is 3.06. The molecule has 2 fully saturated rings. The zero-order valence-corrected chi connectivity index (χ0v) is 11.6. The van der Waals surface area contributed by atoms with Crippen LogP contribution in [0, 0.1) is 23.7 Å². The number of nitrogens with two attached hydrogens (primary N) is 2. The van der Waals surface area contributed by atoms with Gasteiger partial charge in [0.1, 0.15) is 0 Å². The van der Waals surface area contributed by atoms with Gasteiger partial charge in [0, 0.05) is 12.1 Å². The summed E-state index contributed by atoms with van der Waals surface area (Å²) in [5.74, 6) is 3.33. The van der Waals surface area contributed by atoms with Crippen LogP contribution in [0.2, 0.25) is 0 Å². The third-order valence-corrected chi connectivity index (χ3v) is 5.16. The molecule has 17 heavy (non-hydrogen) atoms. The molecular weight excluding hydrogens is 208 g/mol. The Labute approximate surface area is 107 Å². The van der Waals surface area contributed by atoms with Crippen LogP contribution in [-0.2, 0) is 0 Å². The molecule has 0 bridgehead atoms. The monoisotopic (exact) mass is 238 g/mol. The van der Waals surface area contributed by atoms with E-state index < -0.39 is 0 Å². The van der Waals surface area contributed by atoms with Crippen LogP contribution in [0.5, 0.6) is 0 Å². The highest BCUT2D eigenvalue weighted by Crippen LogP contribution is 2.40. The maximum atomic E-state index is 6.25. The molecule has 0 saturated heterocycles. The normalized spacial score (nSPS) is 27.5. The molecule has 2 nitrogen and oxygen atoms in total. The van der Waals surface area contributed by atoms with Crippen molar-refractivity contribution < 1.29 is 0 Å². The van der Waals surface area contributed by atoms with Gasteiger partial charge in [-0.05, 0) is 62.2 Å². The molecule has 0 radical (unpaired) electrons. The highest BCUT2D eigenvalue weighted by atomic mass is 14.7. The highest BCUT2D eigenvalue weighted by Gasteiger charge is 2.33. The summed E-state index contributed by atoms with van der Waals surface area (Å²) in [4.78, 5) is 0. The molecule has 0 aromatic heterocycles. The zero-order valence-electron chi connectivity index (χ0n) is 11.6. The van der Waals surface area contributed by atoms with Gasteiger partial charge in [0.2, 0.25) is 0 Å².